The second-order valence-electron chi connectivity index (χ2n) is 5.84. The molecule has 1 unspecified atom stereocenters. The average Bonchev–Trinajstić information content (AvgIpc) is 2.60. The zero-order chi connectivity index (χ0) is 12.5. The summed E-state index contributed by atoms with van der Waals surface area (Å²) in [6.45, 7) is 6.95. The van der Waals surface area contributed by atoms with Crippen LogP contribution in [0.2, 0.25) is 0 Å². The molecule has 1 nitrogen and oxygen atoms in total. The van der Waals surface area contributed by atoms with Gasteiger partial charge in [0.1, 0.15) is 0 Å². The van der Waals surface area contributed by atoms with Crippen molar-refractivity contribution in [3.05, 3.63) is 21.4 Å². The highest BCUT2D eigenvalue weighted by Gasteiger charge is 2.36. The Morgan fingerprint density at radius 1 is 1.24 bits per heavy atom. The summed E-state index contributed by atoms with van der Waals surface area (Å²) in [5.74, 6) is 0. The molecule has 2 rings (SSSR count). The van der Waals surface area contributed by atoms with Crippen LogP contribution in [0.5, 0.6) is 0 Å². The molecule has 1 aliphatic carbocycles. The Balaban J connectivity index is 2.29. The molecule has 0 amide bonds. The first kappa shape index (κ1) is 13.1. The average molecular weight is 251 g/mol. The molecule has 1 aromatic rings. The van der Waals surface area contributed by atoms with E-state index in [1.54, 1.807) is 4.88 Å². The van der Waals surface area contributed by atoms with Gasteiger partial charge in [0, 0.05) is 15.8 Å². The number of hydrogen-bond acceptors (Lipinski definition) is 2. The number of rotatable bonds is 3. The second kappa shape index (κ2) is 5.11. The summed E-state index contributed by atoms with van der Waals surface area (Å²) >= 11 is 1.98. The molecule has 1 atom stereocenters. The third-order valence-corrected chi connectivity index (χ3v) is 5.54. The molecule has 0 spiro atoms. The first-order valence-corrected chi connectivity index (χ1v) is 7.63. The molecule has 1 aromatic heterocycles. The van der Waals surface area contributed by atoms with Crippen LogP contribution < -0.4 is 5.32 Å². The van der Waals surface area contributed by atoms with E-state index < -0.39 is 0 Å². The van der Waals surface area contributed by atoms with Crippen molar-refractivity contribution in [1.82, 2.24) is 5.32 Å². The molecule has 0 aliphatic heterocycles. The van der Waals surface area contributed by atoms with E-state index in [0.717, 1.165) is 0 Å². The quantitative estimate of drug-likeness (QED) is 0.828. The Labute approximate surface area is 110 Å². The van der Waals surface area contributed by atoms with Gasteiger partial charge in [0.25, 0.3) is 0 Å². The Hall–Kier alpha value is -0.340. The van der Waals surface area contributed by atoms with Gasteiger partial charge in [-0.05, 0) is 50.8 Å². The predicted octanol–water partition coefficient (Wildman–Crippen LogP) is 4.60. The van der Waals surface area contributed by atoms with Gasteiger partial charge < -0.3 is 5.32 Å². The van der Waals surface area contributed by atoms with Crippen LogP contribution in [0.3, 0.4) is 0 Å². The summed E-state index contributed by atoms with van der Waals surface area (Å²) in [7, 11) is 2.12. The van der Waals surface area contributed by atoms with Crippen molar-refractivity contribution in [1.29, 1.82) is 0 Å². The predicted molar refractivity (Wildman–Crippen MR) is 76.8 cm³/mol. The maximum atomic E-state index is 3.59. The largest absolute Gasteiger partial charge is 0.312 e. The summed E-state index contributed by atoms with van der Waals surface area (Å²) in [4.78, 5) is 3.01. The van der Waals surface area contributed by atoms with Crippen LogP contribution in [0, 0.1) is 19.3 Å². The number of nitrogens with one attached hydrogen (secondary N) is 1. The Morgan fingerprint density at radius 2 is 1.88 bits per heavy atom. The van der Waals surface area contributed by atoms with E-state index >= 15 is 0 Å². The van der Waals surface area contributed by atoms with E-state index in [4.69, 9.17) is 0 Å². The fourth-order valence-electron chi connectivity index (χ4n) is 3.39. The molecule has 0 bridgehead atoms. The topological polar surface area (TPSA) is 12.0 Å². The van der Waals surface area contributed by atoms with Gasteiger partial charge in [-0.1, -0.05) is 26.2 Å². The third-order valence-electron chi connectivity index (χ3n) is 4.32. The van der Waals surface area contributed by atoms with Crippen molar-refractivity contribution in [3.63, 3.8) is 0 Å². The molecular formula is C15H25NS. The smallest absolute Gasteiger partial charge is 0.0469 e. The van der Waals surface area contributed by atoms with E-state index in [9.17, 15) is 0 Å². The fraction of sp³-hybridized carbons (Fsp3) is 0.733. The zero-order valence-corrected chi connectivity index (χ0v) is 12.4. The van der Waals surface area contributed by atoms with Crippen LogP contribution in [0.1, 0.15) is 60.4 Å². The van der Waals surface area contributed by atoms with E-state index in [1.807, 2.05) is 11.3 Å². The van der Waals surface area contributed by atoms with Crippen molar-refractivity contribution in [2.75, 3.05) is 7.05 Å². The molecular weight excluding hydrogens is 226 g/mol. The highest BCUT2D eigenvalue weighted by Crippen LogP contribution is 2.47. The summed E-state index contributed by atoms with van der Waals surface area (Å²) in [5.41, 5.74) is 1.92. The van der Waals surface area contributed by atoms with E-state index in [0.29, 0.717) is 11.5 Å². The third kappa shape index (κ3) is 2.58. The summed E-state index contributed by atoms with van der Waals surface area (Å²) in [6.07, 6.45) is 6.97. The van der Waals surface area contributed by atoms with E-state index in [1.165, 1.54) is 42.5 Å². The SMILES string of the molecule is CNC(c1sc(C)cc1C)C1(C)CCCCC1. The minimum absolute atomic E-state index is 0.453. The van der Waals surface area contributed by atoms with Crippen LogP contribution in [-0.2, 0) is 0 Å². The van der Waals surface area contributed by atoms with Gasteiger partial charge in [-0.25, -0.2) is 0 Å². The lowest BCUT2D eigenvalue weighted by molar-refractivity contribution is 0.152. The Bertz CT molecular complexity index is 374. The van der Waals surface area contributed by atoms with Crippen molar-refractivity contribution >= 4 is 11.3 Å². The molecule has 0 aromatic carbocycles. The molecule has 1 N–H and O–H groups in total. The van der Waals surface area contributed by atoms with Gasteiger partial charge in [0.2, 0.25) is 0 Å². The van der Waals surface area contributed by atoms with Gasteiger partial charge in [0.05, 0.1) is 0 Å². The van der Waals surface area contributed by atoms with Crippen LogP contribution in [0.15, 0.2) is 6.07 Å². The van der Waals surface area contributed by atoms with Crippen LogP contribution in [0.25, 0.3) is 0 Å². The summed E-state index contributed by atoms with van der Waals surface area (Å²) in [5, 5.41) is 3.59. The van der Waals surface area contributed by atoms with Gasteiger partial charge in [-0.3, -0.25) is 0 Å². The number of aryl methyl sites for hydroxylation is 2. The molecule has 1 fully saturated rings. The lowest BCUT2D eigenvalue weighted by atomic mass is 9.70. The lowest BCUT2D eigenvalue weighted by Crippen LogP contribution is -2.35. The van der Waals surface area contributed by atoms with Crippen molar-refractivity contribution in [2.45, 2.75) is 58.9 Å². The monoisotopic (exact) mass is 251 g/mol. The fourth-order valence-corrected chi connectivity index (χ4v) is 4.71. The first-order valence-electron chi connectivity index (χ1n) is 6.81. The minimum Gasteiger partial charge on any atom is -0.312 e. The first-order chi connectivity index (χ1) is 8.07. The molecule has 1 heterocycles. The highest BCUT2D eigenvalue weighted by molar-refractivity contribution is 7.12. The number of hydrogen-bond donors (Lipinski definition) is 1. The molecule has 1 aliphatic rings. The maximum Gasteiger partial charge on any atom is 0.0469 e. The van der Waals surface area contributed by atoms with Gasteiger partial charge in [0.15, 0.2) is 0 Å². The lowest BCUT2D eigenvalue weighted by Gasteiger charge is -2.40. The number of thiophene rings is 1. The van der Waals surface area contributed by atoms with Crippen molar-refractivity contribution in [3.8, 4) is 0 Å². The summed E-state index contributed by atoms with van der Waals surface area (Å²) < 4.78 is 0. The molecule has 2 heteroatoms. The Morgan fingerprint density at radius 3 is 2.35 bits per heavy atom. The Kier molecular flexibility index (Phi) is 3.94. The molecule has 17 heavy (non-hydrogen) atoms. The van der Waals surface area contributed by atoms with Crippen molar-refractivity contribution in [2.24, 2.45) is 5.41 Å². The molecule has 96 valence electrons. The normalized spacial score (nSPS) is 21.4. The minimum atomic E-state index is 0.453. The van der Waals surface area contributed by atoms with Crippen LogP contribution in [0.4, 0.5) is 0 Å². The van der Waals surface area contributed by atoms with Crippen molar-refractivity contribution < 1.29 is 0 Å². The van der Waals surface area contributed by atoms with Gasteiger partial charge in [-0.15, -0.1) is 11.3 Å². The second-order valence-corrected chi connectivity index (χ2v) is 7.13. The summed E-state index contributed by atoms with van der Waals surface area (Å²) in [6, 6.07) is 2.87. The van der Waals surface area contributed by atoms with Crippen LogP contribution >= 0.6 is 11.3 Å². The van der Waals surface area contributed by atoms with E-state index in [-0.39, 0.29) is 0 Å². The van der Waals surface area contributed by atoms with Gasteiger partial charge in [-0.2, -0.15) is 0 Å². The highest BCUT2D eigenvalue weighted by atomic mass is 32.1. The molecule has 0 radical (unpaired) electrons. The zero-order valence-electron chi connectivity index (χ0n) is 11.6. The van der Waals surface area contributed by atoms with Crippen LogP contribution in [-0.4, -0.2) is 7.05 Å². The molecule has 0 saturated heterocycles. The van der Waals surface area contributed by atoms with E-state index in [2.05, 4.69) is 39.2 Å². The van der Waals surface area contributed by atoms with Gasteiger partial charge >= 0.3 is 0 Å². The molecule has 1 saturated carbocycles. The standard InChI is InChI=1S/C15H25NS/c1-11-10-12(2)17-13(11)14(16-4)15(3)8-6-5-7-9-15/h10,14,16H,5-9H2,1-4H3. The maximum absolute atomic E-state index is 3.59.